The SMILES string of the molecule is CCN(Cc1ccc(N(C)C)cc1)C(=O)/C=C/c1ccc(C)cc1. The van der Waals surface area contributed by atoms with Crippen molar-refractivity contribution in [3.63, 3.8) is 0 Å². The molecule has 24 heavy (non-hydrogen) atoms. The molecule has 2 aromatic carbocycles. The van der Waals surface area contributed by atoms with Crippen molar-refractivity contribution in [2.24, 2.45) is 0 Å². The van der Waals surface area contributed by atoms with Gasteiger partial charge < -0.3 is 9.80 Å². The van der Waals surface area contributed by atoms with Gasteiger partial charge in [0.05, 0.1) is 0 Å². The van der Waals surface area contributed by atoms with Crippen molar-refractivity contribution in [3.8, 4) is 0 Å². The predicted molar refractivity (Wildman–Crippen MR) is 102 cm³/mol. The Kier molecular flexibility index (Phi) is 6.19. The Bertz CT molecular complexity index is 685. The molecule has 0 saturated carbocycles. The van der Waals surface area contributed by atoms with Gasteiger partial charge in [0.2, 0.25) is 5.91 Å². The molecule has 1 amide bonds. The molecule has 0 unspecified atom stereocenters. The van der Waals surface area contributed by atoms with E-state index in [0.29, 0.717) is 13.1 Å². The molecule has 0 aliphatic heterocycles. The van der Waals surface area contributed by atoms with Gasteiger partial charge >= 0.3 is 0 Å². The zero-order chi connectivity index (χ0) is 17.5. The van der Waals surface area contributed by atoms with E-state index in [0.717, 1.165) is 16.8 Å². The molecule has 2 aromatic rings. The summed E-state index contributed by atoms with van der Waals surface area (Å²) in [6.45, 7) is 5.37. The Hall–Kier alpha value is -2.55. The lowest BCUT2D eigenvalue weighted by atomic mass is 10.1. The lowest BCUT2D eigenvalue weighted by Gasteiger charge is -2.20. The summed E-state index contributed by atoms with van der Waals surface area (Å²) in [7, 11) is 4.04. The van der Waals surface area contributed by atoms with Gasteiger partial charge in [-0.3, -0.25) is 4.79 Å². The Morgan fingerprint density at radius 1 is 1.00 bits per heavy atom. The van der Waals surface area contributed by atoms with Crippen LogP contribution >= 0.6 is 0 Å². The van der Waals surface area contributed by atoms with Crippen molar-refractivity contribution in [1.82, 2.24) is 4.90 Å². The maximum absolute atomic E-state index is 12.4. The lowest BCUT2D eigenvalue weighted by Crippen LogP contribution is -2.28. The summed E-state index contributed by atoms with van der Waals surface area (Å²) < 4.78 is 0. The summed E-state index contributed by atoms with van der Waals surface area (Å²) >= 11 is 0. The van der Waals surface area contributed by atoms with Crippen molar-refractivity contribution >= 4 is 17.7 Å². The van der Waals surface area contributed by atoms with Crippen LogP contribution < -0.4 is 4.90 Å². The minimum absolute atomic E-state index is 0.0368. The van der Waals surface area contributed by atoms with Crippen molar-refractivity contribution in [1.29, 1.82) is 0 Å². The Morgan fingerprint density at radius 3 is 2.17 bits per heavy atom. The van der Waals surface area contributed by atoms with E-state index in [2.05, 4.69) is 36.1 Å². The van der Waals surface area contributed by atoms with E-state index in [1.54, 1.807) is 6.08 Å². The summed E-state index contributed by atoms with van der Waals surface area (Å²) in [6.07, 6.45) is 3.53. The van der Waals surface area contributed by atoms with Gasteiger partial charge in [-0.2, -0.15) is 0 Å². The van der Waals surface area contributed by atoms with Crippen LogP contribution in [0.25, 0.3) is 6.08 Å². The van der Waals surface area contributed by atoms with Gasteiger partial charge in [-0.15, -0.1) is 0 Å². The largest absolute Gasteiger partial charge is 0.378 e. The number of rotatable bonds is 6. The van der Waals surface area contributed by atoms with Crippen LogP contribution in [0.5, 0.6) is 0 Å². The number of anilines is 1. The molecule has 0 heterocycles. The molecule has 0 fully saturated rings. The smallest absolute Gasteiger partial charge is 0.246 e. The van der Waals surface area contributed by atoms with E-state index in [-0.39, 0.29) is 5.91 Å². The van der Waals surface area contributed by atoms with Gasteiger partial charge in [0.15, 0.2) is 0 Å². The highest BCUT2D eigenvalue weighted by molar-refractivity contribution is 5.91. The van der Waals surface area contributed by atoms with E-state index < -0.39 is 0 Å². The zero-order valence-corrected chi connectivity index (χ0v) is 15.0. The maximum atomic E-state index is 12.4. The normalized spacial score (nSPS) is 10.8. The van der Waals surface area contributed by atoms with E-state index >= 15 is 0 Å². The highest BCUT2D eigenvalue weighted by atomic mass is 16.2. The van der Waals surface area contributed by atoms with E-state index in [1.165, 1.54) is 5.56 Å². The lowest BCUT2D eigenvalue weighted by molar-refractivity contribution is -0.126. The van der Waals surface area contributed by atoms with Crippen molar-refractivity contribution in [2.75, 3.05) is 25.5 Å². The topological polar surface area (TPSA) is 23.6 Å². The van der Waals surface area contributed by atoms with E-state index in [4.69, 9.17) is 0 Å². The number of hydrogen-bond donors (Lipinski definition) is 0. The molecular formula is C21H26N2O. The molecule has 0 N–H and O–H groups in total. The van der Waals surface area contributed by atoms with Crippen LogP contribution in [-0.2, 0) is 11.3 Å². The molecule has 0 aliphatic rings. The molecule has 0 aliphatic carbocycles. The highest BCUT2D eigenvalue weighted by Crippen LogP contribution is 2.14. The molecule has 0 saturated heterocycles. The number of aryl methyl sites for hydroxylation is 1. The van der Waals surface area contributed by atoms with Crippen LogP contribution in [0.3, 0.4) is 0 Å². The quantitative estimate of drug-likeness (QED) is 0.747. The second-order valence-corrected chi connectivity index (χ2v) is 6.16. The van der Waals surface area contributed by atoms with E-state index in [9.17, 15) is 4.79 Å². The first kappa shape index (κ1) is 17.8. The molecular weight excluding hydrogens is 296 g/mol. The predicted octanol–water partition coefficient (Wildman–Crippen LogP) is 4.12. The van der Waals surface area contributed by atoms with Crippen molar-refractivity contribution in [2.45, 2.75) is 20.4 Å². The molecule has 2 rings (SSSR count). The summed E-state index contributed by atoms with van der Waals surface area (Å²) in [5.74, 6) is 0.0368. The Labute approximate surface area is 145 Å². The zero-order valence-electron chi connectivity index (χ0n) is 15.0. The fraction of sp³-hybridized carbons (Fsp3) is 0.286. The fourth-order valence-electron chi connectivity index (χ4n) is 2.42. The summed E-state index contributed by atoms with van der Waals surface area (Å²) in [5, 5.41) is 0. The third-order valence-corrected chi connectivity index (χ3v) is 4.02. The minimum atomic E-state index is 0.0368. The van der Waals surface area contributed by atoms with Crippen LogP contribution in [-0.4, -0.2) is 31.4 Å². The number of carbonyl (C=O) groups excluding carboxylic acids is 1. The molecule has 0 radical (unpaired) electrons. The van der Waals surface area contributed by atoms with Crippen LogP contribution in [0.1, 0.15) is 23.6 Å². The first-order chi connectivity index (χ1) is 11.5. The summed E-state index contributed by atoms with van der Waals surface area (Å²) in [5.41, 5.74) is 4.56. The Balaban J connectivity index is 2.01. The Morgan fingerprint density at radius 2 is 1.62 bits per heavy atom. The molecule has 0 aromatic heterocycles. The minimum Gasteiger partial charge on any atom is -0.378 e. The first-order valence-electron chi connectivity index (χ1n) is 8.29. The third kappa shape index (κ3) is 4.98. The molecule has 3 nitrogen and oxygen atoms in total. The van der Waals surface area contributed by atoms with Crippen molar-refractivity contribution < 1.29 is 4.79 Å². The van der Waals surface area contributed by atoms with Crippen LogP contribution in [0.15, 0.2) is 54.6 Å². The number of likely N-dealkylation sites (N-methyl/N-ethyl adjacent to an activating group) is 1. The average molecular weight is 322 g/mol. The first-order valence-corrected chi connectivity index (χ1v) is 8.29. The van der Waals surface area contributed by atoms with E-state index in [1.807, 2.05) is 56.3 Å². The standard InChI is InChI=1S/C21H26N2O/c1-5-23(16-19-10-13-20(14-11-19)22(3)4)21(24)15-12-18-8-6-17(2)7-9-18/h6-15H,5,16H2,1-4H3/b15-12+. The molecule has 0 bridgehead atoms. The van der Waals surface area contributed by atoms with Crippen molar-refractivity contribution in [3.05, 3.63) is 71.3 Å². The summed E-state index contributed by atoms with van der Waals surface area (Å²) in [4.78, 5) is 16.3. The molecule has 3 heteroatoms. The van der Waals surface area contributed by atoms with Gasteiger partial charge in [0.25, 0.3) is 0 Å². The van der Waals surface area contributed by atoms with Crippen LogP contribution in [0.4, 0.5) is 5.69 Å². The second kappa shape index (κ2) is 8.34. The fourth-order valence-corrected chi connectivity index (χ4v) is 2.42. The molecule has 0 spiro atoms. The highest BCUT2D eigenvalue weighted by Gasteiger charge is 2.09. The van der Waals surface area contributed by atoms with Crippen LogP contribution in [0.2, 0.25) is 0 Å². The van der Waals surface area contributed by atoms with Gasteiger partial charge in [-0.25, -0.2) is 0 Å². The molecule has 126 valence electrons. The number of amides is 1. The third-order valence-electron chi connectivity index (χ3n) is 4.02. The second-order valence-electron chi connectivity index (χ2n) is 6.16. The van der Waals surface area contributed by atoms with Gasteiger partial charge in [-0.1, -0.05) is 42.0 Å². The maximum Gasteiger partial charge on any atom is 0.246 e. The van der Waals surface area contributed by atoms with Crippen LogP contribution in [0, 0.1) is 6.92 Å². The number of benzene rings is 2. The van der Waals surface area contributed by atoms with Gasteiger partial charge in [0, 0.05) is 38.9 Å². The number of carbonyl (C=O) groups is 1. The number of nitrogens with zero attached hydrogens (tertiary/aromatic N) is 2. The average Bonchev–Trinajstić information content (AvgIpc) is 2.59. The number of hydrogen-bond acceptors (Lipinski definition) is 2. The summed E-state index contributed by atoms with van der Waals surface area (Å²) in [6, 6.07) is 16.5. The monoisotopic (exact) mass is 322 g/mol. The van der Waals surface area contributed by atoms with Gasteiger partial charge in [-0.05, 0) is 43.2 Å². The van der Waals surface area contributed by atoms with Gasteiger partial charge in [0.1, 0.15) is 0 Å². The molecule has 0 atom stereocenters.